The zero-order chi connectivity index (χ0) is 17.5. The summed E-state index contributed by atoms with van der Waals surface area (Å²) in [6.07, 6.45) is 3.67. The second kappa shape index (κ2) is 8.01. The lowest BCUT2D eigenvalue weighted by atomic mass is 10.2. The number of hydrogen-bond acceptors (Lipinski definition) is 3. The third-order valence-corrected chi connectivity index (χ3v) is 3.70. The number of ether oxygens (including phenoxy) is 1. The summed E-state index contributed by atoms with van der Waals surface area (Å²) in [6.45, 7) is 1.13. The maximum atomic E-state index is 12.0. The van der Waals surface area contributed by atoms with Gasteiger partial charge in [0.25, 0.3) is 0 Å². The largest absolute Gasteiger partial charge is 0.497 e. The van der Waals surface area contributed by atoms with Crippen molar-refractivity contribution in [3.05, 3.63) is 78.1 Å². The van der Waals surface area contributed by atoms with Crippen LogP contribution < -0.4 is 15.4 Å². The summed E-state index contributed by atoms with van der Waals surface area (Å²) in [5, 5.41) is 9.83. The van der Waals surface area contributed by atoms with Gasteiger partial charge in [-0.2, -0.15) is 5.10 Å². The molecule has 6 heteroatoms. The van der Waals surface area contributed by atoms with E-state index in [0.717, 1.165) is 22.6 Å². The van der Waals surface area contributed by atoms with Crippen molar-refractivity contribution in [2.45, 2.75) is 13.1 Å². The van der Waals surface area contributed by atoms with E-state index in [1.54, 1.807) is 13.3 Å². The number of anilines is 1. The van der Waals surface area contributed by atoms with E-state index in [0.29, 0.717) is 13.1 Å². The minimum Gasteiger partial charge on any atom is -0.497 e. The van der Waals surface area contributed by atoms with Gasteiger partial charge in [-0.25, -0.2) is 4.79 Å². The minimum atomic E-state index is -0.248. The molecule has 25 heavy (non-hydrogen) atoms. The molecule has 2 amide bonds. The topological polar surface area (TPSA) is 68.2 Å². The van der Waals surface area contributed by atoms with Crippen LogP contribution in [0.5, 0.6) is 5.75 Å². The van der Waals surface area contributed by atoms with Crippen LogP contribution in [0.1, 0.15) is 11.1 Å². The van der Waals surface area contributed by atoms with E-state index in [2.05, 4.69) is 15.7 Å². The first-order chi connectivity index (χ1) is 12.2. The molecule has 3 aromatic rings. The molecule has 0 atom stereocenters. The number of urea groups is 1. The lowest BCUT2D eigenvalue weighted by Gasteiger charge is -2.09. The van der Waals surface area contributed by atoms with Crippen molar-refractivity contribution in [2.24, 2.45) is 0 Å². The molecule has 0 unspecified atom stereocenters. The first-order valence-electron chi connectivity index (χ1n) is 7.97. The van der Waals surface area contributed by atoms with Gasteiger partial charge in [-0.3, -0.25) is 4.68 Å². The number of carbonyl (C=O) groups excluding carboxylic acids is 1. The first-order valence-corrected chi connectivity index (χ1v) is 7.97. The van der Waals surface area contributed by atoms with Crippen LogP contribution in [-0.4, -0.2) is 22.9 Å². The molecule has 0 aliphatic rings. The first kappa shape index (κ1) is 16.6. The van der Waals surface area contributed by atoms with Crippen LogP contribution in [0.3, 0.4) is 0 Å². The third-order valence-electron chi connectivity index (χ3n) is 3.70. The Kier molecular flexibility index (Phi) is 5.31. The van der Waals surface area contributed by atoms with Crippen molar-refractivity contribution >= 4 is 11.7 Å². The molecule has 2 aromatic carbocycles. The number of carbonyl (C=O) groups is 1. The van der Waals surface area contributed by atoms with Crippen molar-refractivity contribution in [1.29, 1.82) is 0 Å². The maximum Gasteiger partial charge on any atom is 0.319 e. The van der Waals surface area contributed by atoms with Crippen LogP contribution >= 0.6 is 0 Å². The van der Waals surface area contributed by atoms with E-state index in [-0.39, 0.29) is 6.03 Å². The molecule has 0 saturated carbocycles. The van der Waals surface area contributed by atoms with Gasteiger partial charge in [-0.05, 0) is 41.5 Å². The summed E-state index contributed by atoms with van der Waals surface area (Å²) in [4.78, 5) is 12.0. The van der Waals surface area contributed by atoms with Crippen LogP contribution in [0, 0.1) is 0 Å². The summed E-state index contributed by atoms with van der Waals surface area (Å²) in [7, 11) is 1.62. The predicted molar refractivity (Wildman–Crippen MR) is 96.6 cm³/mol. The fourth-order valence-corrected chi connectivity index (χ4v) is 2.41. The highest BCUT2D eigenvalue weighted by molar-refractivity contribution is 5.89. The molecule has 128 valence electrons. The van der Waals surface area contributed by atoms with Crippen LogP contribution in [0.25, 0.3) is 0 Å². The van der Waals surface area contributed by atoms with Crippen LogP contribution in [-0.2, 0) is 13.1 Å². The fourth-order valence-electron chi connectivity index (χ4n) is 2.41. The number of nitrogens with one attached hydrogen (secondary N) is 2. The number of nitrogens with zero attached hydrogens (tertiary/aromatic N) is 2. The standard InChI is InChI=1S/C19H20N4O2/c1-25-18-5-2-4-16(12-18)13-20-19(24)22-17-8-6-15(7-9-17)14-23-11-3-10-21-23/h2-12H,13-14H2,1H3,(H2,20,22,24). The van der Waals surface area contributed by atoms with Crippen molar-refractivity contribution < 1.29 is 9.53 Å². The summed E-state index contributed by atoms with van der Waals surface area (Å²) in [5.41, 5.74) is 2.84. The highest BCUT2D eigenvalue weighted by atomic mass is 16.5. The average Bonchev–Trinajstić information content (AvgIpc) is 3.15. The van der Waals surface area contributed by atoms with Crippen LogP contribution in [0.4, 0.5) is 10.5 Å². The van der Waals surface area contributed by atoms with Gasteiger partial charge in [0, 0.05) is 24.6 Å². The smallest absolute Gasteiger partial charge is 0.319 e. The zero-order valence-electron chi connectivity index (χ0n) is 14.0. The molecule has 0 fully saturated rings. The van der Waals surface area contributed by atoms with E-state index in [1.165, 1.54) is 0 Å². The Balaban J connectivity index is 1.50. The average molecular weight is 336 g/mol. The predicted octanol–water partition coefficient (Wildman–Crippen LogP) is 3.26. The van der Waals surface area contributed by atoms with Gasteiger partial charge in [0.15, 0.2) is 0 Å². The summed E-state index contributed by atoms with van der Waals surface area (Å²) < 4.78 is 7.02. The third kappa shape index (κ3) is 4.84. The molecule has 0 aliphatic carbocycles. The highest BCUT2D eigenvalue weighted by Gasteiger charge is 2.03. The van der Waals surface area contributed by atoms with Crippen molar-refractivity contribution in [3.63, 3.8) is 0 Å². The molecular weight excluding hydrogens is 316 g/mol. The van der Waals surface area contributed by atoms with Crippen LogP contribution in [0.2, 0.25) is 0 Å². The molecular formula is C19H20N4O2. The normalized spacial score (nSPS) is 10.3. The number of amides is 2. The molecule has 1 aromatic heterocycles. The minimum absolute atomic E-state index is 0.248. The second-order valence-corrected chi connectivity index (χ2v) is 5.56. The Morgan fingerprint density at radius 2 is 1.96 bits per heavy atom. The van der Waals surface area contributed by atoms with Gasteiger partial charge >= 0.3 is 6.03 Å². The number of benzene rings is 2. The van der Waals surface area contributed by atoms with Crippen molar-refractivity contribution in [3.8, 4) is 5.75 Å². The monoisotopic (exact) mass is 336 g/mol. The Labute approximate surface area is 146 Å². The number of aromatic nitrogens is 2. The Morgan fingerprint density at radius 3 is 2.68 bits per heavy atom. The van der Waals surface area contributed by atoms with Gasteiger partial charge in [0.1, 0.15) is 5.75 Å². The van der Waals surface area contributed by atoms with Crippen molar-refractivity contribution in [2.75, 3.05) is 12.4 Å². The van der Waals surface area contributed by atoms with E-state index < -0.39 is 0 Å². The number of methoxy groups -OCH3 is 1. The summed E-state index contributed by atoms with van der Waals surface area (Å²) >= 11 is 0. The van der Waals surface area contributed by atoms with Gasteiger partial charge in [0.05, 0.1) is 13.7 Å². The van der Waals surface area contributed by atoms with Gasteiger partial charge in [-0.15, -0.1) is 0 Å². The molecule has 3 rings (SSSR count). The van der Waals surface area contributed by atoms with Gasteiger partial charge < -0.3 is 15.4 Å². The quantitative estimate of drug-likeness (QED) is 0.726. The van der Waals surface area contributed by atoms with Gasteiger partial charge in [0.2, 0.25) is 0 Å². The molecule has 6 nitrogen and oxygen atoms in total. The number of rotatable bonds is 6. The van der Waals surface area contributed by atoms with Gasteiger partial charge in [-0.1, -0.05) is 24.3 Å². The van der Waals surface area contributed by atoms with E-state index >= 15 is 0 Å². The molecule has 2 N–H and O–H groups in total. The zero-order valence-corrected chi connectivity index (χ0v) is 14.0. The lowest BCUT2D eigenvalue weighted by Crippen LogP contribution is -2.28. The Hall–Kier alpha value is -3.28. The number of hydrogen-bond donors (Lipinski definition) is 2. The van der Waals surface area contributed by atoms with E-state index in [4.69, 9.17) is 4.74 Å². The van der Waals surface area contributed by atoms with E-state index in [1.807, 2.05) is 65.5 Å². The maximum absolute atomic E-state index is 12.0. The summed E-state index contributed by atoms with van der Waals surface area (Å²) in [5.74, 6) is 0.771. The second-order valence-electron chi connectivity index (χ2n) is 5.56. The highest BCUT2D eigenvalue weighted by Crippen LogP contribution is 2.13. The lowest BCUT2D eigenvalue weighted by molar-refractivity contribution is 0.251. The Bertz CT molecular complexity index is 814. The SMILES string of the molecule is COc1cccc(CNC(=O)Nc2ccc(Cn3cccn3)cc2)c1. The summed E-state index contributed by atoms with van der Waals surface area (Å²) in [6, 6.07) is 16.9. The molecule has 0 saturated heterocycles. The van der Waals surface area contributed by atoms with Crippen LogP contribution in [0.15, 0.2) is 67.0 Å². The molecule has 0 spiro atoms. The Morgan fingerprint density at radius 1 is 1.12 bits per heavy atom. The molecule has 1 heterocycles. The molecule has 0 radical (unpaired) electrons. The van der Waals surface area contributed by atoms with Crippen molar-refractivity contribution in [1.82, 2.24) is 15.1 Å². The molecule has 0 aliphatic heterocycles. The fraction of sp³-hybridized carbons (Fsp3) is 0.158. The van der Waals surface area contributed by atoms with E-state index in [9.17, 15) is 4.79 Å². The molecule has 0 bridgehead atoms.